The predicted octanol–water partition coefficient (Wildman–Crippen LogP) is 4.66. The third-order valence-electron chi connectivity index (χ3n) is 6.49. The van der Waals surface area contributed by atoms with Crippen LogP contribution in [0.4, 0.5) is 23.2 Å². The maximum absolute atomic E-state index is 13.8. The van der Waals surface area contributed by atoms with Gasteiger partial charge in [-0.25, -0.2) is 4.39 Å². The van der Waals surface area contributed by atoms with Crippen LogP contribution >= 0.6 is 0 Å². The molecule has 0 spiro atoms. The standard InChI is InChI=1S/C24H25F4N3O3S/c1-22(2,14-29-21(32)23(11-6-12-23)24(26,27)28)15-31(17-7-4-3-5-8-17)20-18-10-9-16(25)13-19(18)35(33,34)30-20/h3-5,7-10,13H,6,11-12,14-15H2,1-2H3,(H,29,32). The van der Waals surface area contributed by atoms with E-state index >= 15 is 0 Å². The van der Waals surface area contributed by atoms with Crippen molar-refractivity contribution in [3.63, 3.8) is 0 Å². The Balaban J connectivity index is 1.62. The lowest BCUT2D eigenvalue weighted by molar-refractivity contribution is -0.243. The molecule has 1 amide bonds. The Hall–Kier alpha value is -2.95. The Bertz CT molecular complexity index is 1270. The fourth-order valence-electron chi connectivity index (χ4n) is 4.34. The van der Waals surface area contributed by atoms with Gasteiger partial charge in [0.25, 0.3) is 10.0 Å². The quantitative estimate of drug-likeness (QED) is 0.573. The molecule has 0 radical (unpaired) electrons. The zero-order valence-electron chi connectivity index (χ0n) is 19.2. The summed E-state index contributed by atoms with van der Waals surface area (Å²) < 4.78 is 83.5. The molecule has 0 saturated heterocycles. The Kier molecular flexibility index (Phi) is 6.19. The molecule has 4 rings (SSSR count). The zero-order valence-corrected chi connectivity index (χ0v) is 20.0. The minimum Gasteiger partial charge on any atom is -0.355 e. The van der Waals surface area contributed by atoms with Crippen molar-refractivity contribution in [3.05, 3.63) is 59.9 Å². The highest BCUT2D eigenvalue weighted by molar-refractivity contribution is 7.90. The van der Waals surface area contributed by atoms with Crippen LogP contribution in [-0.2, 0) is 14.8 Å². The van der Waals surface area contributed by atoms with Crippen LogP contribution in [0.25, 0.3) is 0 Å². The van der Waals surface area contributed by atoms with Gasteiger partial charge in [-0.3, -0.25) is 4.79 Å². The van der Waals surface area contributed by atoms with E-state index in [1.165, 1.54) is 6.07 Å². The number of carbonyl (C=O) groups excluding carboxylic acids is 1. The smallest absolute Gasteiger partial charge is 0.355 e. The molecular weight excluding hydrogens is 486 g/mol. The van der Waals surface area contributed by atoms with Crippen LogP contribution in [0.3, 0.4) is 0 Å². The maximum atomic E-state index is 13.8. The van der Waals surface area contributed by atoms with E-state index in [1.807, 2.05) is 0 Å². The van der Waals surface area contributed by atoms with E-state index in [1.54, 1.807) is 49.1 Å². The normalized spacial score (nSPS) is 18.3. The number of halogens is 4. The SMILES string of the molecule is CC(C)(CNC(=O)C1(C(F)(F)F)CCC1)CN(C1=NS(=O)(=O)c2cc(F)ccc21)c1ccccc1. The Labute approximate surface area is 201 Å². The predicted molar refractivity (Wildman–Crippen MR) is 123 cm³/mol. The third-order valence-corrected chi connectivity index (χ3v) is 7.80. The van der Waals surface area contributed by atoms with Gasteiger partial charge >= 0.3 is 6.18 Å². The molecule has 1 fully saturated rings. The molecule has 1 aliphatic carbocycles. The number of amides is 1. The van der Waals surface area contributed by atoms with Gasteiger partial charge in [0, 0.05) is 29.8 Å². The van der Waals surface area contributed by atoms with Crippen LogP contribution in [0, 0.1) is 16.6 Å². The number of para-hydroxylation sites is 1. The minimum atomic E-state index is -4.62. The van der Waals surface area contributed by atoms with Gasteiger partial charge in [0.1, 0.15) is 16.1 Å². The molecule has 2 aromatic rings. The summed E-state index contributed by atoms with van der Waals surface area (Å²) in [5.41, 5.74) is -2.34. The average molecular weight is 512 g/mol. The third kappa shape index (κ3) is 4.65. The van der Waals surface area contributed by atoms with Gasteiger partial charge in [0.05, 0.1) is 0 Å². The Morgan fingerprint density at radius 3 is 2.34 bits per heavy atom. The average Bonchev–Trinajstić information content (AvgIpc) is 2.99. The summed E-state index contributed by atoms with van der Waals surface area (Å²) in [6.07, 6.45) is -4.75. The molecule has 1 heterocycles. The highest BCUT2D eigenvalue weighted by Gasteiger charge is 2.63. The van der Waals surface area contributed by atoms with Gasteiger partial charge in [0.2, 0.25) is 5.91 Å². The first-order chi connectivity index (χ1) is 16.3. The van der Waals surface area contributed by atoms with Gasteiger partial charge in [0.15, 0.2) is 5.84 Å². The number of sulfonamides is 1. The summed E-state index contributed by atoms with van der Waals surface area (Å²) in [5.74, 6) is -1.68. The Morgan fingerprint density at radius 2 is 1.77 bits per heavy atom. The van der Waals surface area contributed by atoms with Crippen LogP contribution in [0.1, 0.15) is 38.7 Å². The largest absolute Gasteiger partial charge is 0.403 e. The summed E-state index contributed by atoms with van der Waals surface area (Å²) in [6.45, 7) is 3.53. The minimum absolute atomic E-state index is 0.0800. The number of anilines is 1. The summed E-state index contributed by atoms with van der Waals surface area (Å²) in [4.78, 5) is 13.9. The summed E-state index contributed by atoms with van der Waals surface area (Å²) >= 11 is 0. The summed E-state index contributed by atoms with van der Waals surface area (Å²) in [6, 6.07) is 12.1. The number of hydrogen-bond acceptors (Lipinski definition) is 4. The first-order valence-electron chi connectivity index (χ1n) is 11.1. The molecule has 2 aromatic carbocycles. The molecule has 0 unspecified atom stereocenters. The number of carbonyl (C=O) groups is 1. The van der Waals surface area contributed by atoms with E-state index in [9.17, 15) is 30.8 Å². The van der Waals surface area contributed by atoms with Gasteiger partial charge in [-0.15, -0.1) is 4.40 Å². The number of fused-ring (bicyclic) bond motifs is 1. The van der Waals surface area contributed by atoms with E-state index in [-0.39, 0.29) is 42.2 Å². The summed E-state index contributed by atoms with van der Waals surface area (Å²) in [7, 11) is -4.13. The van der Waals surface area contributed by atoms with Gasteiger partial charge in [-0.05, 0) is 43.2 Å². The summed E-state index contributed by atoms with van der Waals surface area (Å²) in [5, 5.41) is 2.47. The highest BCUT2D eigenvalue weighted by Crippen LogP contribution is 2.53. The first kappa shape index (κ1) is 25.2. The topological polar surface area (TPSA) is 78.8 Å². The van der Waals surface area contributed by atoms with Crippen LogP contribution in [0.15, 0.2) is 57.8 Å². The van der Waals surface area contributed by atoms with Crippen molar-refractivity contribution >= 4 is 27.5 Å². The fraction of sp³-hybridized carbons (Fsp3) is 0.417. The lowest BCUT2D eigenvalue weighted by atomic mass is 9.67. The van der Waals surface area contributed by atoms with Crippen molar-refractivity contribution in [2.45, 2.75) is 44.2 Å². The molecule has 0 aromatic heterocycles. The van der Waals surface area contributed by atoms with Crippen molar-refractivity contribution in [2.24, 2.45) is 15.2 Å². The number of rotatable bonds is 6. The number of nitrogens with zero attached hydrogens (tertiary/aromatic N) is 2. The van der Waals surface area contributed by atoms with Crippen molar-refractivity contribution < 1.29 is 30.8 Å². The van der Waals surface area contributed by atoms with E-state index < -0.39 is 38.8 Å². The Morgan fingerprint density at radius 1 is 1.11 bits per heavy atom. The molecule has 188 valence electrons. The number of amidine groups is 1. The molecule has 35 heavy (non-hydrogen) atoms. The lowest BCUT2D eigenvalue weighted by Crippen LogP contribution is -2.56. The number of hydrogen-bond donors (Lipinski definition) is 1. The highest BCUT2D eigenvalue weighted by atomic mass is 32.2. The van der Waals surface area contributed by atoms with E-state index in [2.05, 4.69) is 9.71 Å². The number of nitrogens with one attached hydrogen (secondary N) is 1. The number of benzene rings is 2. The second-order valence-corrected chi connectivity index (χ2v) is 11.3. The fourth-order valence-corrected chi connectivity index (χ4v) is 5.56. The molecule has 1 aliphatic heterocycles. The molecular formula is C24H25F4N3O3S. The lowest BCUT2D eigenvalue weighted by Gasteiger charge is -2.42. The van der Waals surface area contributed by atoms with Crippen LogP contribution in [0.5, 0.6) is 0 Å². The monoisotopic (exact) mass is 511 g/mol. The molecule has 6 nitrogen and oxygen atoms in total. The van der Waals surface area contributed by atoms with Crippen LogP contribution < -0.4 is 10.2 Å². The molecule has 0 bridgehead atoms. The second kappa shape index (κ2) is 8.61. The molecule has 2 aliphatic rings. The van der Waals surface area contributed by atoms with Gasteiger partial charge < -0.3 is 10.2 Å². The maximum Gasteiger partial charge on any atom is 0.403 e. The van der Waals surface area contributed by atoms with Crippen molar-refractivity contribution in [3.8, 4) is 0 Å². The van der Waals surface area contributed by atoms with E-state index in [0.29, 0.717) is 12.1 Å². The van der Waals surface area contributed by atoms with E-state index in [4.69, 9.17) is 0 Å². The van der Waals surface area contributed by atoms with Crippen LogP contribution in [-0.4, -0.2) is 39.4 Å². The van der Waals surface area contributed by atoms with E-state index in [0.717, 1.165) is 12.1 Å². The van der Waals surface area contributed by atoms with Crippen molar-refractivity contribution in [1.29, 1.82) is 0 Å². The molecule has 0 atom stereocenters. The van der Waals surface area contributed by atoms with Gasteiger partial charge in [-0.1, -0.05) is 38.5 Å². The molecule has 1 saturated carbocycles. The van der Waals surface area contributed by atoms with Crippen molar-refractivity contribution in [2.75, 3.05) is 18.0 Å². The zero-order chi connectivity index (χ0) is 25.6. The second-order valence-electron chi connectivity index (χ2n) is 9.73. The molecule has 1 N–H and O–H groups in total. The van der Waals surface area contributed by atoms with Gasteiger partial charge in [-0.2, -0.15) is 21.6 Å². The van der Waals surface area contributed by atoms with Crippen molar-refractivity contribution in [1.82, 2.24) is 5.32 Å². The molecule has 11 heteroatoms. The number of alkyl halides is 3. The first-order valence-corrected chi connectivity index (χ1v) is 12.5. The van der Waals surface area contributed by atoms with Crippen LogP contribution in [0.2, 0.25) is 0 Å².